The fraction of sp³-hybridized carbons (Fsp3) is 0.929. The van der Waals surface area contributed by atoms with E-state index < -0.39 is 0 Å². The van der Waals surface area contributed by atoms with Gasteiger partial charge in [-0.25, -0.2) is 0 Å². The van der Waals surface area contributed by atoms with Gasteiger partial charge >= 0.3 is 0 Å². The molecule has 3 nitrogen and oxygen atoms in total. The molecule has 0 N–H and O–H groups in total. The van der Waals surface area contributed by atoms with Gasteiger partial charge in [-0.2, -0.15) is 0 Å². The third-order valence-electron chi connectivity index (χ3n) is 4.96. The van der Waals surface area contributed by atoms with Gasteiger partial charge in [-0.15, -0.1) is 0 Å². The van der Waals surface area contributed by atoms with Gasteiger partial charge in [0.05, 0.1) is 13.2 Å². The second-order valence-corrected chi connectivity index (χ2v) is 6.37. The average Bonchev–Trinajstić information content (AvgIpc) is 2.65. The number of likely N-dealkylation sites (tertiary alicyclic amines) is 1. The molecule has 96 valence electrons. The normalized spacial score (nSPS) is 31.4. The van der Waals surface area contributed by atoms with Crippen LogP contribution in [0.5, 0.6) is 0 Å². The van der Waals surface area contributed by atoms with Crippen molar-refractivity contribution >= 4 is 5.91 Å². The first-order chi connectivity index (χ1) is 8.21. The minimum Gasteiger partial charge on any atom is -0.381 e. The maximum atomic E-state index is 12.0. The van der Waals surface area contributed by atoms with E-state index in [1.165, 1.54) is 25.7 Å². The Morgan fingerprint density at radius 1 is 1.35 bits per heavy atom. The number of ether oxygens (including phenoxy) is 1. The minimum atomic E-state index is 0.365. The van der Waals surface area contributed by atoms with Crippen molar-refractivity contribution in [3.8, 4) is 0 Å². The molecule has 1 amide bonds. The number of carbonyl (C=O) groups excluding carboxylic acids is 1. The van der Waals surface area contributed by atoms with Gasteiger partial charge in [-0.05, 0) is 25.2 Å². The number of rotatable bonds is 3. The fourth-order valence-corrected chi connectivity index (χ4v) is 3.68. The molecule has 2 aliphatic heterocycles. The van der Waals surface area contributed by atoms with Crippen LogP contribution < -0.4 is 0 Å². The van der Waals surface area contributed by atoms with E-state index in [1.807, 2.05) is 0 Å². The van der Waals surface area contributed by atoms with Crippen LogP contribution in [0.1, 0.15) is 39.0 Å². The van der Waals surface area contributed by atoms with E-state index in [0.717, 1.165) is 32.2 Å². The minimum absolute atomic E-state index is 0.365. The van der Waals surface area contributed by atoms with E-state index in [4.69, 9.17) is 4.74 Å². The predicted molar refractivity (Wildman–Crippen MR) is 65.6 cm³/mol. The summed E-state index contributed by atoms with van der Waals surface area (Å²) in [6, 6.07) is 0. The lowest BCUT2D eigenvalue weighted by atomic mass is 9.77. The molecular weight excluding hydrogens is 214 g/mol. The summed E-state index contributed by atoms with van der Waals surface area (Å²) in [5.41, 5.74) is 0.520. The van der Waals surface area contributed by atoms with Gasteiger partial charge in [0, 0.05) is 30.8 Å². The molecule has 3 fully saturated rings. The molecule has 0 radical (unpaired) electrons. The van der Waals surface area contributed by atoms with E-state index in [2.05, 4.69) is 11.8 Å². The summed E-state index contributed by atoms with van der Waals surface area (Å²) in [4.78, 5) is 14.1. The smallest absolute Gasteiger partial charge is 0.223 e. The van der Waals surface area contributed by atoms with Gasteiger partial charge in [0.15, 0.2) is 0 Å². The second-order valence-electron chi connectivity index (χ2n) is 6.37. The molecule has 3 heteroatoms. The van der Waals surface area contributed by atoms with Crippen LogP contribution in [-0.2, 0) is 9.53 Å². The summed E-state index contributed by atoms with van der Waals surface area (Å²) >= 11 is 0. The number of hydrogen-bond acceptors (Lipinski definition) is 2. The first kappa shape index (κ1) is 11.5. The first-order valence-electron chi connectivity index (χ1n) is 7.06. The van der Waals surface area contributed by atoms with Gasteiger partial charge in [0.2, 0.25) is 5.91 Å². The number of amides is 1. The van der Waals surface area contributed by atoms with Crippen molar-refractivity contribution in [1.82, 2.24) is 4.90 Å². The fourth-order valence-electron chi connectivity index (χ4n) is 3.68. The highest BCUT2D eigenvalue weighted by Gasteiger charge is 2.49. The highest BCUT2D eigenvalue weighted by molar-refractivity contribution is 5.77. The molecule has 17 heavy (non-hydrogen) atoms. The van der Waals surface area contributed by atoms with Gasteiger partial charge < -0.3 is 9.64 Å². The molecule has 1 unspecified atom stereocenters. The van der Waals surface area contributed by atoms with Crippen LogP contribution in [0.25, 0.3) is 0 Å². The van der Waals surface area contributed by atoms with E-state index >= 15 is 0 Å². The Morgan fingerprint density at radius 3 is 2.65 bits per heavy atom. The molecule has 2 heterocycles. The van der Waals surface area contributed by atoms with Crippen molar-refractivity contribution in [2.45, 2.75) is 39.0 Å². The van der Waals surface area contributed by atoms with Crippen LogP contribution >= 0.6 is 0 Å². The average molecular weight is 237 g/mol. The molecule has 1 saturated carbocycles. The zero-order valence-corrected chi connectivity index (χ0v) is 10.8. The Kier molecular flexibility index (Phi) is 2.89. The van der Waals surface area contributed by atoms with Crippen LogP contribution in [0, 0.1) is 17.3 Å². The standard InChI is InChI=1S/C14H23NO2/c1-2-11-3-4-14(6-11)9-15(10-14)13(16)5-12-7-17-8-12/h11-12H,2-10H2,1H3. The lowest BCUT2D eigenvalue weighted by Gasteiger charge is -2.49. The summed E-state index contributed by atoms with van der Waals surface area (Å²) in [7, 11) is 0. The Hall–Kier alpha value is -0.570. The molecule has 3 rings (SSSR count). The van der Waals surface area contributed by atoms with Crippen molar-refractivity contribution in [2.24, 2.45) is 17.3 Å². The largest absolute Gasteiger partial charge is 0.381 e. The topological polar surface area (TPSA) is 29.5 Å². The number of carbonyl (C=O) groups is 1. The highest BCUT2D eigenvalue weighted by atomic mass is 16.5. The third-order valence-corrected chi connectivity index (χ3v) is 4.96. The Bertz CT molecular complexity index is 305. The van der Waals surface area contributed by atoms with Crippen LogP contribution in [-0.4, -0.2) is 37.1 Å². The molecule has 0 aromatic rings. The molecule has 2 saturated heterocycles. The number of nitrogens with zero attached hydrogens (tertiary/aromatic N) is 1. The number of hydrogen-bond donors (Lipinski definition) is 0. The van der Waals surface area contributed by atoms with Crippen LogP contribution in [0.3, 0.4) is 0 Å². The quantitative estimate of drug-likeness (QED) is 0.752. The summed E-state index contributed by atoms with van der Waals surface area (Å²) in [6.45, 7) is 5.96. The summed E-state index contributed by atoms with van der Waals surface area (Å²) < 4.78 is 5.12. The van der Waals surface area contributed by atoms with Gasteiger partial charge in [0.25, 0.3) is 0 Å². The first-order valence-corrected chi connectivity index (χ1v) is 7.06. The van der Waals surface area contributed by atoms with Crippen molar-refractivity contribution in [2.75, 3.05) is 26.3 Å². The molecule has 3 aliphatic rings. The van der Waals surface area contributed by atoms with E-state index in [1.54, 1.807) is 0 Å². The Morgan fingerprint density at radius 2 is 2.12 bits per heavy atom. The Balaban J connectivity index is 1.45. The zero-order valence-electron chi connectivity index (χ0n) is 10.8. The van der Waals surface area contributed by atoms with E-state index in [-0.39, 0.29) is 0 Å². The zero-order chi connectivity index (χ0) is 11.9. The van der Waals surface area contributed by atoms with Gasteiger partial charge in [-0.1, -0.05) is 13.3 Å². The highest BCUT2D eigenvalue weighted by Crippen LogP contribution is 2.49. The van der Waals surface area contributed by atoms with Crippen molar-refractivity contribution < 1.29 is 9.53 Å². The maximum Gasteiger partial charge on any atom is 0.223 e. The molecule has 1 spiro atoms. The third kappa shape index (κ3) is 2.10. The molecular formula is C14H23NO2. The van der Waals surface area contributed by atoms with Crippen LogP contribution in [0.15, 0.2) is 0 Å². The van der Waals surface area contributed by atoms with E-state index in [0.29, 0.717) is 23.7 Å². The van der Waals surface area contributed by atoms with Crippen molar-refractivity contribution in [3.05, 3.63) is 0 Å². The lowest BCUT2D eigenvalue weighted by molar-refractivity contribution is -0.148. The molecule has 0 bridgehead atoms. The van der Waals surface area contributed by atoms with Crippen LogP contribution in [0.4, 0.5) is 0 Å². The Labute approximate surface area is 104 Å². The second kappa shape index (κ2) is 4.27. The molecule has 1 aliphatic carbocycles. The SMILES string of the molecule is CCC1CCC2(C1)CN(C(=O)CC1COC1)C2. The maximum absolute atomic E-state index is 12.0. The monoisotopic (exact) mass is 237 g/mol. The van der Waals surface area contributed by atoms with Crippen molar-refractivity contribution in [1.29, 1.82) is 0 Å². The molecule has 1 atom stereocenters. The molecule has 0 aromatic heterocycles. The lowest BCUT2D eigenvalue weighted by Crippen LogP contribution is -2.57. The molecule has 0 aromatic carbocycles. The van der Waals surface area contributed by atoms with Crippen molar-refractivity contribution in [3.63, 3.8) is 0 Å². The van der Waals surface area contributed by atoms with E-state index in [9.17, 15) is 4.79 Å². The summed E-state index contributed by atoms with van der Waals surface area (Å²) in [5, 5.41) is 0. The van der Waals surface area contributed by atoms with Gasteiger partial charge in [-0.3, -0.25) is 4.79 Å². The predicted octanol–water partition coefficient (Wildman–Crippen LogP) is 2.06. The summed E-state index contributed by atoms with van der Waals surface area (Å²) in [5.74, 6) is 1.79. The van der Waals surface area contributed by atoms with Gasteiger partial charge in [0.1, 0.15) is 0 Å². The summed E-state index contributed by atoms with van der Waals surface area (Å²) in [6.07, 6.45) is 6.12. The van der Waals surface area contributed by atoms with Crippen LogP contribution in [0.2, 0.25) is 0 Å².